The maximum atomic E-state index is 11.6. The molecule has 0 aliphatic rings. The second kappa shape index (κ2) is 5.01. The summed E-state index contributed by atoms with van der Waals surface area (Å²) in [4.78, 5) is 18.6. The Morgan fingerprint density at radius 3 is 3.00 bits per heavy atom. The van der Waals surface area contributed by atoms with E-state index < -0.39 is 0 Å². The Balaban J connectivity index is 1.81. The zero-order valence-electron chi connectivity index (χ0n) is 8.55. The van der Waals surface area contributed by atoms with Crippen molar-refractivity contribution in [1.82, 2.24) is 25.5 Å². The van der Waals surface area contributed by atoms with E-state index in [0.717, 1.165) is 5.82 Å². The highest BCUT2D eigenvalue weighted by atomic mass is 16.1. The summed E-state index contributed by atoms with van der Waals surface area (Å²) in [5.41, 5.74) is 0.509. The van der Waals surface area contributed by atoms with Gasteiger partial charge in [0.2, 0.25) is 0 Å². The molecule has 0 bridgehead atoms. The van der Waals surface area contributed by atoms with Crippen LogP contribution in [0, 0.1) is 0 Å². The first-order valence-electron chi connectivity index (χ1n) is 4.89. The number of imidazole rings is 1. The van der Waals surface area contributed by atoms with Crippen LogP contribution in [0.1, 0.15) is 16.2 Å². The van der Waals surface area contributed by atoms with Gasteiger partial charge >= 0.3 is 0 Å². The fourth-order valence-electron chi connectivity index (χ4n) is 1.26. The average Bonchev–Trinajstić information content (AvgIpc) is 2.83. The highest BCUT2D eigenvalue weighted by Gasteiger charge is 2.04. The Labute approximate surface area is 92.1 Å². The van der Waals surface area contributed by atoms with Gasteiger partial charge in [0, 0.05) is 25.4 Å². The maximum Gasteiger partial charge on any atom is 0.252 e. The van der Waals surface area contributed by atoms with Gasteiger partial charge in [0.25, 0.3) is 5.91 Å². The summed E-state index contributed by atoms with van der Waals surface area (Å²) >= 11 is 0. The van der Waals surface area contributed by atoms with E-state index in [9.17, 15) is 4.79 Å². The zero-order chi connectivity index (χ0) is 11.2. The van der Waals surface area contributed by atoms with Gasteiger partial charge in [-0.05, 0) is 6.07 Å². The Kier molecular flexibility index (Phi) is 3.22. The first kappa shape index (κ1) is 10.3. The van der Waals surface area contributed by atoms with E-state index in [1.54, 1.807) is 18.5 Å². The van der Waals surface area contributed by atoms with Gasteiger partial charge in [-0.15, -0.1) is 0 Å². The molecule has 0 saturated carbocycles. The Morgan fingerprint density at radius 2 is 2.31 bits per heavy atom. The zero-order valence-corrected chi connectivity index (χ0v) is 8.55. The maximum absolute atomic E-state index is 11.6. The predicted octanol–water partition coefficient (Wildman–Crippen LogP) is 0.172. The molecule has 0 spiro atoms. The van der Waals surface area contributed by atoms with Crippen LogP contribution in [0.5, 0.6) is 0 Å². The number of nitrogens with zero attached hydrogens (tertiary/aromatic N) is 3. The van der Waals surface area contributed by atoms with Crippen LogP contribution >= 0.6 is 0 Å². The van der Waals surface area contributed by atoms with Gasteiger partial charge in [0.05, 0.1) is 18.0 Å². The lowest BCUT2D eigenvalue weighted by atomic mass is 10.3. The minimum absolute atomic E-state index is 0.151. The number of nitrogens with one attached hydrogen (secondary N) is 2. The SMILES string of the molecule is O=C(NCCc1ncc[nH]1)c1ccnnc1. The van der Waals surface area contributed by atoms with Crippen molar-refractivity contribution in [3.8, 4) is 0 Å². The monoisotopic (exact) mass is 217 g/mol. The number of H-pyrrole nitrogens is 1. The summed E-state index contributed by atoms with van der Waals surface area (Å²) in [6.07, 6.45) is 7.04. The van der Waals surface area contributed by atoms with E-state index in [0.29, 0.717) is 18.5 Å². The van der Waals surface area contributed by atoms with E-state index in [1.165, 1.54) is 12.4 Å². The van der Waals surface area contributed by atoms with Gasteiger partial charge < -0.3 is 10.3 Å². The second-order valence-electron chi connectivity index (χ2n) is 3.17. The number of aromatic amines is 1. The lowest BCUT2D eigenvalue weighted by Crippen LogP contribution is -2.26. The molecule has 0 fully saturated rings. The van der Waals surface area contributed by atoms with Crippen molar-refractivity contribution in [2.45, 2.75) is 6.42 Å². The Bertz CT molecular complexity index is 439. The summed E-state index contributed by atoms with van der Waals surface area (Å²) in [6.45, 7) is 0.536. The quantitative estimate of drug-likeness (QED) is 0.764. The van der Waals surface area contributed by atoms with Crippen LogP contribution in [0.25, 0.3) is 0 Å². The highest BCUT2D eigenvalue weighted by Crippen LogP contribution is 1.94. The number of hydrogen-bond donors (Lipinski definition) is 2. The fourth-order valence-corrected chi connectivity index (χ4v) is 1.26. The van der Waals surface area contributed by atoms with Gasteiger partial charge in [0.1, 0.15) is 5.82 Å². The molecule has 0 aliphatic carbocycles. The molecule has 82 valence electrons. The van der Waals surface area contributed by atoms with Crippen LogP contribution < -0.4 is 5.32 Å². The number of aromatic nitrogens is 4. The minimum atomic E-state index is -0.151. The molecule has 0 unspecified atom stereocenters. The standard InChI is InChI=1S/C10H11N5O/c16-10(8-1-4-14-15-7-8)13-3-2-9-11-5-6-12-9/h1,4-7H,2-3H2,(H,11,12)(H,13,16). The van der Waals surface area contributed by atoms with Crippen LogP contribution in [-0.2, 0) is 6.42 Å². The first-order chi connectivity index (χ1) is 7.86. The summed E-state index contributed by atoms with van der Waals surface area (Å²) in [6, 6.07) is 1.62. The van der Waals surface area contributed by atoms with Crippen LogP contribution in [0.15, 0.2) is 30.9 Å². The lowest BCUT2D eigenvalue weighted by molar-refractivity contribution is 0.0953. The number of carbonyl (C=O) groups excluding carboxylic acids is 1. The van der Waals surface area contributed by atoms with Crippen molar-refractivity contribution < 1.29 is 4.79 Å². The van der Waals surface area contributed by atoms with Crippen molar-refractivity contribution >= 4 is 5.91 Å². The number of rotatable bonds is 4. The molecular weight excluding hydrogens is 206 g/mol. The molecule has 0 radical (unpaired) electrons. The van der Waals surface area contributed by atoms with Crippen LogP contribution in [0.4, 0.5) is 0 Å². The van der Waals surface area contributed by atoms with Crippen molar-refractivity contribution in [3.05, 3.63) is 42.2 Å². The normalized spacial score (nSPS) is 10.0. The molecule has 0 atom stereocenters. The van der Waals surface area contributed by atoms with E-state index in [1.807, 2.05) is 0 Å². The van der Waals surface area contributed by atoms with Gasteiger partial charge in [-0.1, -0.05) is 0 Å². The second-order valence-corrected chi connectivity index (χ2v) is 3.17. The fraction of sp³-hybridized carbons (Fsp3) is 0.200. The third kappa shape index (κ3) is 2.63. The van der Waals surface area contributed by atoms with Gasteiger partial charge in [-0.25, -0.2) is 4.98 Å². The topological polar surface area (TPSA) is 83.6 Å². The molecule has 6 heteroatoms. The van der Waals surface area contributed by atoms with Crippen LogP contribution in [-0.4, -0.2) is 32.6 Å². The molecule has 2 heterocycles. The predicted molar refractivity (Wildman–Crippen MR) is 56.7 cm³/mol. The number of carbonyl (C=O) groups is 1. The average molecular weight is 217 g/mol. The molecule has 2 aromatic heterocycles. The minimum Gasteiger partial charge on any atom is -0.352 e. The lowest BCUT2D eigenvalue weighted by Gasteiger charge is -2.02. The largest absolute Gasteiger partial charge is 0.352 e. The summed E-state index contributed by atoms with van der Waals surface area (Å²) in [5.74, 6) is 0.703. The number of amides is 1. The third-order valence-electron chi connectivity index (χ3n) is 2.05. The van der Waals surface area contributed by atoms with Crippen molar-refractivity contribution in [3.63, 3.8) is 0 Å². The van der Waals surface area contributed by atoms with Crippen molar-refractivity contribution in [2.75, 3.05) is 6.54 Å². The summed E-state index contributed by atoms with van der Waals surface area (Å²) < 4.78 is 0. The molecule has 2 rings (SSSR count). The molecule has 0 aromatic carbocycles. The molecule has 2 N–H and O–H groups in total. The third-order valence-corrected chi connectivity index (χ3v) is 2.05. The highest BCUT2D eigenvalue weighted by molar-refractivity contribution is 5.93. The van der Waals surface area contributed by atoms with Gasteiger partial charge in [-0.2, -0.15) is 10.2 Å². The molecule has 0 aliphatic heterocycles. The van der Waals surface area contributed by atoms with Crippen molar-refractivity contribution in [1.29, 1.82) is 0 Å². The molecule has 16 heavy (non-hydrogen) atoms. The summed E-state index contributed by atoms with van der Waals surface area (Å²) in [7, 11) is 0. The summed E-state index contributed by atoms with van der Waals surface area (Å²) in [5, 5.41) is 10.0. The Hall–Kier alpha value is -2.24. The van der Waals surface area contributed by atoms with E-state index in [-0.39, 0.29) is 5.91 Å². The van der Waals surface area contributed by atoms with Gasteiger partial charge in [0.15, 0.2) is 0 Å². The molecule has 1 amide bonds. The Morgan fingerprint density at radius 1 is 1.38 bits per heavy atom. The molecule has 6 nitrogen and oxygen atoms in total. The van der Waals surface area contributed by atoms with Gasteiger partial charge in [-0.3, -0.25) is 4.79 Å². The molecule has 2 aromatic rings. The van der Waals surface area contributed by atoms with Crippen LogP contribution in [0.3, 0.4) is 0 Å². The smallest absolute Gasteiger partial charge is 0.252 e. The molecule has 0 saturated heterocycles. The van der Waals surface area contributed by atoms with E-state index >= 15 is 0 Å². The van der Waals surface area contributed by atoms with E-state index in [4.69, 9.17) is 0 Å². The number of hydrogen-bond acceptors (Lipinski definition) is 4. The molecular formula is C10H11N5O. The van der Waals surface area contributed by atoms with Crippen molar-refractivity contribution in [2.24, 2.45) is 0 Å². The van der Waals surface area contributed by atoms with Crippen LogP contribution in [0.2, 0.25) is 0 Å². The first-order valence-corrected chi connectivity index (χ1v) is 4.89. The van der Waals surface area contributed by atoms with E-state index in [2.05, 4.69) is 25.5 Å².